The summed E-state index contributed by atoms with van der Waals surface area (Å²) in [6.07, 6.45) is -0.770. The molecule has 1 unspecified atom stereocenters. The molecule has 2 rings (SSSR count). The summed E-state index contributed by atoms with van der Waals surface area (Å²) in [5.74, 6) is -1.05. The second kappa shape index (κ2) is 5.63. The van der Waals surface area contributed by atoms with E-state index >= 15 is 0 Å². The van der Waals surface area contributed by atoms with Crippen LogP contribution in [-0.2, 0) is 9.59 Å². The summed E-state index contributed by atoms with van der Waals surface area (Å²) < 4.78 is 0. The molecule has 0 aromatic heterocycles. The number of hydrogen-bond donors (Lipinski definition) is 1. The van der Waals surface area contributed by atoms with E-state index in [1.165, 1.54) is 9.80 Å². The fraction of sp³-hybridized carbons (Fsp3) is 0.467. The van der Waals surface area contributed by atoms with Crippen LogP contribution in [0.4, 0.5) is 0 Å². The van der Waals surface area contributed by atoms with Crippen molar-refractivity contribution in [3.63, 3.8) is 0 Å². The summed E-state index contributed by atoms with van der Waals surface area (Å²) in [4.78, 5) is 26.3. The molecule has 1 heterocycles. The van der Waals surface area contributed by atoms with Crippen LogP contribution in [-0.4, -0.2) is 53.4 Å². The molecular formula is C15H20N2O3. The van der Waals surface area contributed by atoms with Crippen LogP contribution in [0.2, 0.25) is 0 Å². The van der Waals surface area contributed by atoms with Crippen LogP contribution in [0.15, 0.2) is 18.2 Å². The van der Waals surface area contributed by atoms with E-state index in [1.54, 1.807) is 7.05 Å². The Morgan fingerprint density at radius 3 is 2.30 bits per heavy atom. The van der Waals surface area contributed by atoms with E-state index in [0.717, 1.165) is 16.7 Å². The minimum atomic E-state index is -0.770. The molecule has 1 atom stereocenters. The molecule has 1 fully saturated rings. The van der Waals surface area contributed by atoms with Gasteiger partial charge in [0, 0.05) is 20.1 Å². The maximum absolute atomic E-state index is 11.9. The van der Waals surface area contributed by atoms with E-state index < -0.39 is 17.9 Å². The zero-order valence-corrected chi connectivity index (χ0v) is 12.1. The number of aryl methyl sites for hydroxylation is 2. The van der Waals surface area contributed by atoms with Gasteiger partial charge >= 0.3 is 11.8 Å². The fourth-order valence-electron chi connectivity index (χ4n) is 2.46. The van der Waals surface area contributed by atoms with Crippen LogP contribution in [0, 0.1) is 13.8 Å². The van der Waals surface area contributed by atoms with Crippen LogP contribution in [0.3, 0.4) is 0 Å². The third-order valence-corrected chi connectivity index (χ3v) is 3.54. The molecule has 1 aromatic rings. The normalized spacial score (nSPS) is 17.6. The van der Waals surface area contributed by atoms with Gasteiger partial charge in [-0.3, -0.25) is 9.59 Å². The van der Waals surface area contributed by atoms with Gasteiger partial charge < -0.3 is 14.9 Å². The number of β-amino-alcohol motifs (C(OH)–C–C–N with tert-alkyl or cyclic N) is 1. The molecule has 0 bridgehead atoms. The first-order valence-electron chi connectivity index (χ1n) is 6.69. The highest BCUT2D eigenvalue weighted by molar-refractivity contribution is 6.35. The Morgan fingerprint density at radius 2 is 1.70 bits per heavy atom. The molecule has 5 heteroatoms. The summed E-state index contributed by atoms with van der Waals surface area (Å²) in [5.41, 5.74) is 2.92. The fourth-order valence-corrected chi connectivity index (χ4v) is 2.46. The Balaban J connectivity index is 2.09. The summed E-state index contributed by atoms with van der Waals surface area (Å²) in [6.45, 7) is 5.05. The summed E-state index contributed by atoms with van der Waals surface area (Å²) in [6, 6.07) is 5.83. The van der Waals surface area contributed by atoms with Crippen LogP contribution in [0.25, 0.3) is 0 Å². The highest BCUT2D eigenvalue weighted by Gasteiger charge is 2.31. The van der Waals surface area contributed by atoms with E-state index in [1.807, 2.05) is 32.0 Å². The predicted molar refractivity (Wildman–Crippen MR) is 75.1 cm³/mol. The summed E-state index contributed by atoms with van der Waals surface area (Å²) >= 11 is 0. The van der Waals surface area contributed by atoms with Crippen molar-refractivity contribution in [3.05, 3.63) is 34.9 Å². The Kier molecular flexibility index (Phi) is 4.09. The Hall–Kier alpha value is -1.88. The standard InChI is InChI=1S/C15H20N2O3/c1-10-6-11(2)8-12(7-10)13(18)9-17-5-4-16(3)14(19)15(17)20/h6-8,13,18H,4-5,9H2,1-3H3. The lowest BCUT2D eigenvalue weighted by Gasteiger charge is -2.32. The lowest BCUT2D eigenvalue weighted by molar-refractivity contribution is -0.155. The second-order valence-corrected chi connectivity index (χ2v) is 5.41. The van der Waals surface area contributed by atoms with Gasteiger partial charge in [0.25, 0.3) is 0 Å². The maximum atomic E-state index is 11.9. The van der Waals surface area contributed by atoms with Gasteiger partial charge in [0.2, 0.25) is 0 Å². The van der Waals surface area contributed by atoms with Crippen LogP contribution < -0.4 is 0 Å². The molecule has 5 nitrogen and oxygen atoms in total. The van der Waals surface area contributed by atoms with Crippen molar-refractivity contribution in [2.75, 3.05) is 26.7 Å². The number of hydrogen-bond acceptors (Lipinski definition) is 3. The molecule has 0 saturated carbocycles. The maximum Gasteiger partial charge on any atom is 0.312 e. The quantitative estimate of drug-likeness (QED) is 0.824. The molecule has 1 saturated heterocycles. The lowest BCUT2D eigenvalue weighted by atomic mass is 10.0. The number of aliphatic hydroxyl groups is 1. The molecular weight excluding hydrogens is 256 g/mol. The van der Waals surface area contributed by atoms with Crippen LogP contribution >= 0.6 is 0 Å². The van der Waals surface area contributed by atoms with Crippen molar-refractivity contribution < 1.29 is 14.7 Å². The van der Waals surface area contributed by atoms with Crippen molar-refractivity contribution in [1.29, 1.82) is 0 Å². The molecule has 1 aromatic carbocycles. The smallest absolute Gasteiger partial charge is 0.312 e. The molecule has 1 N–H and O–H groups in total. The molecule has 0 aliphatic carbocycles. The van der Waals surface area contributed by atoms with Gasteiger partial charge in [-0.1, -0.05) is 29.3 Å². The number of nitrogens with zero attached hydrogens (tertiary/aromatic N) is 2. The van der Waals surface area contributed by atoms with Gasteiger partial charge in [-0.2, -0.15) is 0 Å². The average Bonchev–Trinajstić information content (AvgIpc) is 2.38. The number of carbonyl (C=O) groups excluding carboxylic acids is 2. The molecule has 0 spiro atoms. The van der Waals surface area contributed by atoms with Gasteiger partial charge in [0.1, 0.15) is 0 Å². The van der Waals surface area contributed by atoms with E-state index in [2.05, 4.69) is 0 Å². The van der Waals surface area contributed by atoms with Gasteiger partial charge in [0.05, 0.1) is 12.6 Å². The Labute approximate surface area is 118 Å². The van der Waals surface area contributed by atoms with E-state index in [9.17, 15) is 14.7 Å². The molecule has 20 heavy (non-hydrogen) atoms. The highest BCUT2D eigenvalue weighted by Crippen LogP contribution is 2.19. The second-order valence-electron chi connectivity index (χ2n) is 5.41. The number of benzene rings is 1. The van der Waals surface area contributed by atoms with Crippen molar-refractivity contribution in [2.24, 2.45) is 0 Å². The molecule has 0 radical (unpaired) electrons. The monoisotopic (exact) mass is 276 g/mol. The summed E-state index contributed by atoms with van der Waals surface area (Å²) in [7, 11) is 1.61. The average molecular weight is 276 g/mol. The molecule has 108 valence electrons. The largest absolute Gasteiger partial charge is 0.387 e. The lowest BCUT2D eigenvalue weighted by Crippen LogP contribution is -2.53. The van der Waals surface area contributed by atoms with E-state index in [4.69, 9.17) is 0 Å². The van der Waals surface area contributed by atoms with E-state index in [-0.39, 0.29) is 6.54 Å². The number of aliphatic hydroxyl groups excluding tert-OH is 1. The molecule has 1 aliphatic rings. The Morgan fingerprint density at radius 1 is 1.10 bits per heavy atom. The zero-order valence-electron chi connectivity index (χ0n) is 12.1. The van der Waals surface area contributed by atoms with Crippen molar-refractivity contribution in [3.8, 4) is 0 Å². The third-order valence-electron chi connectivity index (χ3n) is 3.54. The van der Waals surface area contributed by atoms with Crippen molar-refractivity contribution >= 4 is 11.8 Å². The van der Waals surface area contributed by atoms with Crippen LogP contribution in [0.5, 0.6) is 0 Å². The number of carbonyl (C=O) groups is 2. The van der Waals surface area contributed by atoms with Crippen LogP contribution in [0.1, 0.15) is 22.8 Å². The number of rotatable bonds is 3. The zero-order chi connectivity index (χ0) is 14.9. The minimum Gasteiger partial charge on any atom is -0.387 e. The predicted octanol–water partition coefficient (Wildman–Crippen LogP) is 0.637. The SMILES string of the molecule is Cc1cc(C)cc(C(O)CN2CCN(C)C(=O)C2=O)c1. The Bertz CT molecular complexity index is 522. The molecule has 1 aliphatic heterocycles. The number of likely N-dealkylation sites (N-methyl/N-ethyl adjacent to an activating group) is 1. The van der Waals surface area contributed by atoms with E-state index in [0.29, 0.717) is 13.1 Å². The van der Waals surface area contributed by atoms with Gasteiger partial charge in [-0.05, 0) is 19.4 Å². The summed E-state index contributed by atoms with van der Waals surface area (Å²) in [5, 5.41) is 10.3. The van der Waals surface area contributed by atoms with Gasteiger partial charge in [0.15, 0.2) is 0 Å². The number of piperazine rings is 1. The number of amides is 2. The van der Waals surface area contributed by atoms with Crippen molar-refractivity contribution in [2.45, 2.75) is 20.0 Å². The van der Waals surface area contributed by atoms with Gasteiger partial charge in [-0.15, -0.1) is 0 Å². The molecule has 2 amide bonds. The van der Waals surface area contributed by atoms with Crippen molar-refractivity contribution in [1.82, 2.24) is 9.80 Å². The first kappa shape index (κ1) is 14.5. The first-order valence-corrected chi connectivity index (χ1v) is 6.69. The van der Waals surface area contributed by atoms with Gasteiger partial charge in [-0.25, -0.2) is 0 Å². The topological polar surface area (TPSA) is 60.9 Å². The first-order chi connectivity index (χ1) is 9.38. The third kappa shape index (κ3) is 2.99. The highest BCUT2D eigenvalue weighted by atomic mass is 16.3. The minimum absolute atomic E-state index is 0.154.